The molecule has 0 radical (unpaired) electrons. The SMILES string of the molecule is Cc1ccc(S(=O)(=O)N2CCC[C@@H](C(=O)Nc3ccc4c(c3)N(S(=O)(=O)c3ccc(Cl)cc3)CC4)C2)cc1. The number of carbonyl (C=O) groups is 1. The Hall–Kier alpha value is -2.92. The van der Waals surface area contributed by atoms with Gasteiger partial charge >= 0.3 is 0 Å². The highest BCUT2D eigenvalue weighted by Gasteiger charge is 2.34. The van der Waals surface area contributed by atoms with Crippen LogP contribution in [-0.4, -0.2) is 46.7 Å². The molecule has 200 valence electrons. The highest BCUT2D eigenvalue weighted by Crippen LogP contribution is 2.35. The highest BCUT2D eigenvalue weighted by atomic mass is 35.5. The third-order valence-corrected chi connectivity index (χ3v) is 11.0. The van der Waals surface area contributed by atoms with Gasteiger partial charge in [0.25, 0.3) is 10.0 Å². The van der Waals surface area contributed by atoms with Gasteiger partial charge in [-0.2, -0.15) is 4.31 Å². The van der Waals surface area contributed by atoms with Crippen molar-refractivity contribution in [2.24, 2.45) is 5.92 Å². The quantitative estimate of drug-likeness (QED) is 0.469. The minimum atomic E-state index is -3.80. The number of piperidine rings is 1. The first-order valence-electron chi connectivity index (χ1n) is 12.3. The Morgan fingerprint density at radius 1 is 0.895 bits per heavy atom. The van der Waals surface area contributed by atoms with Gasteiger partial charge in [-0.25, -0.2) is 16.8 Å². The second kappa shape index (κ2) is 10.3. The van der Waals surface area contributed by atoms with Gasteiger partial charge in [0.2, 0.25) is 15.9 Å². The average Bonchev–Trinajstić information content (AvgIpc) is 3.33. The van der Waals surface area contributed by atoms with E-state index in [9.17, 15) is 21.6 Å². The zero-order valence-electron chi connectivity index (χ0n) is 20.8. The number of hydrogen-bond donors (Lipinski definition) is 1. The van der Waals surface area contributed by atoms with Crippen LogP contribution in [0.5, 0.6) is 0 Å². The van der Waals surface area contributed by atoms with Crippen LogP contribution in [0, 0.1) is 12.8 Å². The van der Waals surface area contributed by atoms with E-state index in [4.69, 9.17) is 11.6 Å². The van der Waals surface area contributed by atoms with Crippen LogP contribution in [0.15, 0.2) is 76.5 Å². The van der Waals surface area contributed by atoms with Gasteiger partial charge in [-0.1, -0.05) is 35.4 Å². The number of halogens is 1. The Kier molecular flexibility index (Phi) is 7.25. The average molecular weight is 574 g/mol. The van der Waals surface area contributed by atoms with Crippen LogP contribution < -0.4 is 9.62 Å². The largest absolute Gasteiger partial charge is 0.326 e. The third-order valence-electron chi connectivity index (χ3n) is 7.02. The standard InChI is InChI=1S/C27H28ClN3O5S2/c1-19-4-10-24(11-5-19)37(33,34)30-15-2-3-21(18-30)27(32)29-23-9-6-20-14-16-31(26(20)17-23)38(35,36)25-12-7-22(28)8-13-25/h4-13,17,21H,2-3,14-16,18H2,1H3,(H,29,32)/t21-/m1/s1. The summed E-state index contributed by atoms with van der Waals surface area (Å²) in [5.74, 6) is -0.815. The number of hydrogen-bond acceptors (Lipinski definition) is 5. The molecule has 2 aliphatic heterocycles. The van der Waals surface area contributed by atoms with Crippen molar-refractivity contribution in [2.75, 3.05) is 29.3 Å². The predicted molar refractivity (Wildman–Crippen MR) is 147 cm³/mol. The highest BCUT2D eigenvalue weighted by molar-refractivity contribution is 7.92. The third kappa shape index (κ3) is 5.18. The van der Waals surface area contributed by atoms with Gasteiger partial charge in [0.05, 0.1) is 21.4 Å². The summed E-state index contributed by atoms with van der Waals surface area (Å²) in [5, 5.41) is 3.33. The van der Waals surface area contributed by atoms with Crippen LogP contribution >= 0.6 is 11.6 Å². The van der Waals surface area contributed by atoms with Gasteiger partial charge in [0.15, 0.2) is 0 Å². The Morgan fingerprint density at radius 3 is 2.26 bits per heavy atom. The van der Waals surface area contributed by atoms with E-state index in [1.807, 2.05) is 13.0 Å². The fourth-order valence-electron chi connectivity index (χ4n) is 4.89. The lowest BCUT2D eigenvalue weighted by Gasteiger charge is -2.31. The first kappa shape index (κ1) is 26.7. The fourth-order valence-corrected chi connectivity index (χ4v) is 8.03. The summed E-state index contributed by atoms with van der Waals surface area (Å²) in [6.45, 7) is 2.63. The summed E-state index contributed by atoms with van der Waals surface area (Å²) in [6, 6.07) is 17.9. The first-order chi connectivity index (χ1) is 18.1. The van der Waals surface area contributed by atoms with Crippen molar-refractivity contribution < 1.29 is 21.6 Å². The molecule has 3 aromatic carbocycles. The zero-order valence-corrected chi connectivity index (χ0v) is 23.2. The Bertz CT molecular complexity index is 1570. The number of nitrogens with one attached hydrogen (secondary N) is 1. The van der Waals surface area contributed by atoms with Crippen molar-refractivity contribution in [3.05, 3.63) is 82.9 Å². The van der Waals surface area contributed by atoms with Gasteiger partial charge in [0, 0.05) is 30.3 Å². The zero-order chi connectivity index (χ0) is 27.1. The van der Waals surface area contributed by atoms with Gasteiger partial charge in [0.1, 0.15) is 0 Å². The van der Waals surface area contributed by atoms with Gasteiger partial charge in [-0.3, -0.25) is 9.10 Å². The van der Waals surface area contributed by atoms with Crippen molar-refractivity contribution >= 4 is 48.9 Å². The lowest BCUT2D eigenvalue weighted by atomic mass is 9.98. The van der Waals surface area contributed by atoms with Crippen molar-refractivity contribution in [3.8, 4) is 0 Å². The number of anilines is 2. The number of amides is 1. The van der Waals surface area contributed by atoms with Crippen molar-refractivity contribution in [2.45, 2.75) is 36.0 Å². The summed E-state index contributed by atoms with van der Waals surface area (Å²) in [7, 11) is -7.51. The van der Waals surface area contributed by atoms with Crippen LogP contribution in [0.1, 0.15) is 24.0 Å². The normalized spacial score (nSPS) is 18.3. The lowest BCUT2D eigenvalue weighted by Crippen LogP contribution is -2.43. The van der Waals surface area contributed by atoms with Crippen molar-refractivity contribution in [3.63, 3.8) is 0 Å². The number of nitrogens with zero attached hydrogens (tertiary/aromatic N) is 2. The number of sulfonamides is 2. The van der Waals surface area contributed by atoms with Gasteiger partial charge in [-0.15, -0.1) is 0 Å². The minimum Gasteiger partial charge on any atom is -0.326 e. The van der Waals surface area contributed by atoms with Crippen molar-refractivity contribution in [1.29, 1.82) is 0 Å². The van der Waals surface area contributed by atoms with Gasteiger partial charge < -0.3 is 5.32 Å². The summed E-state index contributed by atoms with van der Waals surface area (Å²) in [6.07, 6.45) is 1.69. The minimum absolute atomic E-state index is 0.0874. The van der Waals surface area contributed by atoms with E-state index in [1.165, 1.54) is 32.9 Å². The Morgan fingerprint density at radius 2 is 1.55 bits per heavy atom. The summed E-state index contributed by atoms with van der Waals surface area (Å²) >= 11 is 5.92. The van der Waals surface area contributed by atoms with E-state index in [0.717, 1.165) is 11.1 Å². The molecule has 38 heavy (non-hydrogen) atoms. The number of carbonyl (C=O) groups excluding carboxylic acids is 1. The molecule has 1 amide bonds. The second-order valence-corrected chi connectivity index (χ2v) is 13.9. The van der Waals surface area contributed by atoms with Crippen LogP contribution in [0.4, 0.5) is 11.4 Å². The molecule has 0 unspecified atom stereocenters. The van der Waals surface area contributed by atoms with Crippen LogP contribution in [0.25, 0.3) is 0 Å². The molecular weight excluding hydrogens is 546 g/mol. The molecule has 1 fully saturated rings. The maximum absolute atomic E-state index is 13.3. The number of aryl methyl sites for hydroxylation is 1. The molecule has 8 nitrogen and oxygen atoms in total. The predicted octanol–water partition coefficient (Wildman–Crippen LogP) is 4.44. The van der Waals surface area contributed by atoms with Crippen LogP contribution in [-0.2, 0) is 31.3 Å². The Labute approximate surface area is 228 Å². The molecule has 0 bridgehead atoms. The molecule has 0 spiro atoms. The molecule has 3 aromatic rings. The molecule has 0 saturated carbocycles. The molecule has 5 rings (SSSR count). The van der Waals surface area contributed by atoms with E-state index < -0.39 is 26.0 Å². The van der Waals surface area contributed by atoms with E-state index in [0.29, 0.717) is 48.7 Å². The van der Waals surface area contributed by atoms with Crippen LogP contribution in [0.3, 0.4) is 0 Å². The molecule has 1 saturated heterocycles. The van der Waals surface area contributed by atoms with Crippen molar-refractivity contribution in [1.82, 2.24) is 4.31 Å². The molecule has 2 aliphatic rings. The molecule has 0 aromatic heterocycles. The lowest BCUT2D eigenvalue weighted by molar-refractivity contribution is -0.120. The maximum Gasteiger partial charge on any atom is 0.264 e. The maximum atomic E-state index is 13.3. The molecule has 11 heteroatoms. The monoisotopic (exact) mass is 573 g/mol. The fraction of sp³-hybridized carbons (Fsp3) is 0.296. The van der Waals surface area contributed by atoms with E-state index in [1.54, 1.807) is 36.4 Å². The molecule has 1 atom stereocenters. The number of fused-ring (bicyclic) bond motifs is 1. The Balaban J connectivity index is 1.32. The van der Waals surface area contributed by atoms with E-state index in [2.05, 4.69) is 5.32 Å². The van der Waals surface area contributed by atoms with Gasteiger partial charge in [-0.05, 0) is 80.3 Å². The number of benzene rings is 3. The van der Waals surface area contributed by atoms with E-state index >= 15 is 0 Å². The number of rotatable bonds is 6. The second-order valence-electron chi connectivity index (χ2n) is 9.63. The molecule has 1 N–H and O–H groups in total. The summed E-state index contributed by atoms with van der Waals surface area (Å²) < 4.78 is 55.6. The summed E-state index contributed by atoms with van der Waals surface area (Å²) in [5.41, 5.74) is 2.82. The van der Waals surface area contributed by atoms with Crippen LogP contribution in [0.2, 0.25) is 5.02 Å². The molecular formula is C27H28ClN3O5S2. The van der Waals surface area contributed by atoms with E-state index in [-0.39, 0.29) is 22.2 Å². The topological polar surface area (TPSA) is 104 Å². The summed E-state index contributed by atoms with van der Waals surface area (Å²) in [4.78, 5) is 13.5. The molecule has 0 aliphatic carbocycles. The first-order valence-corrected chi connectivity index (χ1v) is 15.6. The molecule has 2 heterocycles. The smallest absolute Gasteiger partial charge is 0.264 e.